The van der Waals surface area contributed by atoms with Gasteiger partial charge in [0.05, 0.1) is 13.2 Å². The highest BCUT2D eigenvalue weighted by atomic mass is 16.5. The fourth-order valence-electron chi connectivity index (χ4n) is 4.08. The van der Waals surface area contributed by atoms with Crippen LogP contribution in [-0.4, -0.2) is 59.0 Å². The van der Waals surface area contributed by atoms with Crippen LogP contribution < -0.4 is 5.32 Å². The minimum Gasteiger partial charge on any atom is -0.381 e. The van der Waals surface area contributed by atoms with E-state index in [1.165, 1.54) is 25.7 Å². The van der Waals surface area contributed by atoms with E-state index in [1.807, 2.05) is 7.05 Å². The van der Waals surface area contributed by atoms with E-state index in [0.29, 0.717) is 12.0 Å². The van der Waals surface area contributed by atoms with E-state index in [-0.39, 0.29) is 0 Å². The summed E-state index contributed by atoms with van der Waals surface area (Å²) in [6, 6.07) is 0. The number of hydrogen-bond acceptors (Lipinski definition) is 4. The van der Waals surface area contributed by atoms with E-state index in [9.17, 15) is 0 Å². The number of hydrogen-bond donors (Lipinski definition) is 1. The lowest BCUT2D eigenvalue weighted by Crippen LogP contribution is -2.41. The minimum absolute atomic E-state index is 0.353. The molecule has 1 spiro atoms. The molecule has 2 fully saturated rings. The second kappa shape index (κ2) is 6.11. The van der Waals surface area contributed by atoms with Crippen LogP contribution >= 0.6 is 0 Å². The van der Waals surface area contributed by atoms with Crippen LogP contribution in [0.15, 0.2) is 4.99 Å². The van der Waals surface area contributed by atoms with Gasteiger partial charge in [-0.25, -0.2) is 0 Å². The van der Waals surface area contributed by atoms with Gasteiger partial charge in [-0.2, -0.15) is 0 Å². The lowest BCUT2D eigenvalue weighted by atomic mass is 9.87. The first-order valence-corrected chi connectivity index (χ1v) is 8.74. The third-order valence-electron chi connectivity index (χ3n) is 5.48. The van der Waals surface area contributed by atoms with Crippen LogP contribution in [0, 0.1) is 5.41 Å². The Labute approximate surface area is 137 Å². The third-order valence-corrected chi connectivity index (χ3v) is 5.48. The average Bonchev–Trinajstić information content (AvgIpc) is 3.30. The molecule has 1 N–H and O–H groups in total. The molecule has 3 aliphatic rings. The number of guanidine groups is 1. The fourth-order valence-corrected chi connectivity index (χ4v) is 4.08. The highest BCUT2D eigenvalue weighted by Crippen LogP contribution is 2.38. The summed E-state index contributed by atoms with van der Waals surface area (Å²) >= 11 is 0. The van der Waals surface area contributed by atoms with Crippen molar-refractivity contribution in [3.8, 4) is 0 Å². The van der Waals surface area contributed by atoms with E-state index in [2.05, 4.69) is 30.0 Å². The van der Waals surface area contributed by atoms with Crippen LogP contribution in [0.25, 0.3) is 0 Å². The van der Waals surface area contributed by atoms with Gasteiger partial charge < -0.3 is 19.5 Å². The molecule has 0 saturated carbocycles. The zero-order valence-corrected chi connectivity index (χ0v) is 13.9. The second-order valence-corrected chi connectivity index (χ2v) is 7.02. The lowest BCUT2D eigenvalue weighted by Gasteiger charge is -2.25. The summed E-state index contributed by atoms with van der Waals surface area (Å²) in [6.45, 7) is 5.65. The maximum Gasteiger partial charge on any atom is 0.194 e. The average molecular weight is 318 g/mol. The number of aromatic nitrogens is 3. The van der Waals surface area contributed by atoms with Crippen LogP contribution in [0.3, 0.4) is 0 Å². The van der Waals surface area contributed by atoms with Crippen molar-refractivity contribution in [1.82, 2.24) is 25.0 Å². The molecule has 126 valence electrons. The van der Waals surface area contributed by atoms with Crippen molar-refractivity contribution >= 4 is 5.96 Å². The molecule has 23 heavy (non-hydrogen) atoms. The maximum absolute atomic E-state index is 5.62. The first-order valence-electron chi connectivity index (χ1n) is 8.74. The van der Waals surface area contributed by atoms with Gasteiger partial charge in [-0.15, -0.1) is 10.2 Å². The lowest BCUT2D eigenvalue weighted by molar-refractivity contribution is 0.156. The summed E-state index contributed by atoms with van der Waals surface area (Å²) < 4.78 is 7.88. The topological polar surface area (TPSA) is 67.6 Å². The smallest absolute Gasteiger partial charge is 0.194 e. The minimum atomic E-state index is 0.353. The van der Waals surface area contributed by atoms with E-state index in [1.54, 1.807) is 0 Å². The fraction of sp³-hybridized carbons (Fsp3) is 0.812. The van der Waals surface area contributed by atoms with Crippen molar-refractivity contribution in [2.75, 3.05) is 33.4 Å². The zero-order chi connectivity index (χ0) is 15.7. The maximum atomic E-state index is 5.62. The second-order valence-electron chi connectivity index (χ2n) is 7.02. The molecular weight excluding hydrogens is 292 g/mol. The number of nitrogens with one attached hydrogen (secondary N) is 1. The van der Waals surface area contributed by atoms with Crippen LogP contribution in [0.2, 0.25) is 0 Å². The molecule has 1 aromatic rings. The Morgan fingerprint density at radius 2 is 2.26 bits per heavy atom. The van der Waals surface area contributed by atoms with E-state index in [0.717, 1.165) is 56.9 Å². The molecule has 4 heterocycles. The zero-order valence-electron chi connectivity index (χ0n) is 13.9. The summed E-state index contributed by atoms with van der Waals surface area (Å²) in [5.41, 5.74) is 0.353. The molecule has 0 aliphatic carbocycles. The third kappa shape index (κ3) is 2.82. The summed E-state index contributed by atoms with van der Waals surface area (Å²) in [5.74, 6) is 3.13. The normalized spacial score (nSPS) is 27.7. The summed E-state index contributed by atoms with van der Waals surface area (Å²) in [6.07, 6.45) is 5.88. The molecule has 3 aliphatic heterocycles. The molecule has 7 heteroatoms. The first-order chi connectivity index (χ1) is 11.3. The van der Waals surface area contributed by atoms with Crippen LogP contribution in [0.5, 0.6) is 0 Å². The standard InChI is InChI=1S/C16H26N6O/c1-17-15(21-8-5-16(11-21)6-9-23-12-16)18-10-14-20-19-13-4-2-3-7-22(13)14/h2-12H2,1H3,(H,17,18). The monoisotopic (exact) mass is 318 g/mol. The van der Waals surface area contributed by atoms with Crippen LogP contribution in [0.1, 0.15) is 37.3 Å². The number of aliphatic imine (C=N–C) groups is 1. The van der Waals surface area contributed by atoms with Gasteiger partial charge in [0.15, 0.2) is 11.8 Å². The largest absolute Gasteiger partial charge is 0.381 e. The predicted octanol–water partition coefficient (Wildman–Crippen LogP) is 0.802. The Kier molecular flexibility index (Phi) is 3.97. The molecule has 0 amide bonds. The Bertz CT molecular complexity index is 589. The Balaban J connectivity index is 1.39. The number of rotatable bonds is 2. The van der Waals surface area contributed by atoms with Gasteiger partial charge in [-0.05, 0) is 25.7 Å². The van der Waals surface area contributed by atoms with Gasteiger partial charge in [0.1, 0.15) is 5.82 Å². The van der Waals surface area contributed by atoms with Crippen molar-refractivity contribution < 1.29 is 4.74 Å². The van der Waals surface area contributed by atoms with E-state index >= 15 is 0 Å². The number of ether oxygens (including phenoxy) is 1. The van der Waals surface area contributed by atoms with Gasteiger partial charge in [-0.1, -0.05) is 0 Å². The molecule has 0 aromatic carbocycles. The molecule has 0 bridgehead atoms. The number of fused-ring (bicyclic) bond motifs is 1. The Morgan fingerprint density at radius 1 is 1.30 bits per heavy atom. The Hall–Kier alpha value is -1.63. The van der Waals surface area contributed by atoms with Crippen LogP contribution in [0.4, 0.5) is 0 Å². The molecular formula is C16H26N6O. The van der Waals surface area contributed by atoms with Crippen molar-refractivity contribution in [3.63, 3.8) is 0 Å². The summed E-state index contributed by atoms with van der Waals surface area (Å²) in [4.78, 5) is 6.83. The first kappa shape index (κ1) is 14.9. The van der Waals surface area contributed by atoms with Crippen molar-refractivity contribution in [1.29, 1.82) is 0 Å². The van der Waals surface area contributed by atoms with E-state index in [4.69, 9.17) is 4.74 Å². The predicted molar refractivity (Wildman–Crippen MR) is 87.2 cm³/mol. The van der Waals surface area contributed by atoms with Gasteiger partial charge in [-0.3, -0.25) is 4.99 Å². The summed E-state index contributed by atoms with van der Waals surface area (Å²) in [7, 11) is 1.86. The highest BCUT2D eigenvalue weighted by molar-refractivity contribution is 5.80. The van der Waals surface area contributed by atoms with Crippen LogP contribution in [-0.2, 0) is 24.2 Å². The van der Waals surface area contributed by atoms with Crippen molar-refractivity contribution in [2.45, 2.75) is 45.2 Å². The highest BCUT2D eigenvalue weighted by Gasteiger charge is 2.42. The van der Waals surface area contributed by atoms with Gasteiger partial charge in [0.2, 0.25) is 0 Å². The molecule has 1 atom stereocenters. The molecule has 0 radical (unpaired) electrons. The molecule has 4 rings (SSSR count). The molecule has 7 nitrogen and oxygen atoms in total. The quantitative estimate of drug-likeness (QED) is 0.645. The number of nitrogens with zero attached hydrogens (tertiary/aromatic N) is 5. The molecule has 1 aromatic heterocycles. The summed E-state index contributed by atoms with van der Waals surface area (Å²) in [5, 5.41) is 12.2. The SMILES string of the molecule is CN=C(NCc1nnc2n1CCCC2)N1CCC2(CCOC2)C1. The van der Waals surface area contributed by atoms with E-state index < -0.39 is 0 Å². The van der Waals surface area contributed by atoms with Gasteiger partial charge >= 0.3 is 0 Å². The molecule has 1 unspecified atom stereocenters. The Morgan fingerprint density at radius 3 is 3.09 bits per heavy atom. The molecule has 2 saturated heterocycles. The van der Waals surface area contributed by atoms with Gasteiger partial charge in [0, 0.05) is 45.1 Å². The van der Waals surface area contributed by atoms with Crippen molar-refractivity contribution in [2.24, 2.45) is 10.4 Å². The number of likely N-dealkylation sites (tertiary alicyclic amines) is 1. The number of aryl methyl sites for hydroxylation is 1. The van der Waals surface area contributed by atoms with Gasteiger partial charge in [0.25, 0.3) is 0 Å². The van der Waals surface area contributed by atoms with Crippen molar-refractivity contribution in [3.05, 3.63) is 11.6 Å².